The summed E-state index contributed by atoms with van der Waals surface area (Å²) in [5.41, 5.74) is 7.47. The highest BCUT2D eigenvalue weighted by atomic mass is 32.2. The SMILES string of the molecule is COCCn1c(COc2ccccc2-c2ccccc2)nnc1S[C@H](C)C(N)=O. The third-order valence-electron chi connectivity index (χ3n) is 4.32. The van der Waals surface area contributed by atoms with E-state index in [1.54, 1.807) is 14.0 Å². The zero-order valence-electron chi connectivity index (χ0n) is 16.4. The first-order valence-corrected chi connectivity index (χ1v) is 10.1. The molecule has 0 aliphatic carbocycles. The van der Waals surface area contributed by atoms with E-state index in [1.807, 2.05) is 59.2 Å². The van der Waals surface area contributed by atoms with Crippen LogP contribution in [0.25, 0.3) is 11.1 Å². The van der Waals surface area contributed by atoms with Gasteiger partial charge in [-0.2, -0.15) is 0 Å². The molecule has 0 aliphatic heterocycles. The molecule has 3 rings (SSSR count). The highest BCUT2D eigenvalue weighted by molar-refractivity contribution is 8.00. The lowest BCUT2D eigenvalue weighted by molar-refractivity contribution is -0.117. The third kappa shape index (κ3) is 5.36. The molecule has 29 heavy (non-hydrogen) atoms. The Labute approximate surface area is 174 Å². The van der Waals surface area contributed by atoms with E-state index in [-0.39, 0.29) is 6.61 Å². The molecule has 3 aromatic rings. The van der Waals surface area contributed by atoms with Crippen LogP contribution in [0, 0.1) is 0 Å². The smallest absolute Gasteiger partial charge is 0.230 e. The topological polar surface area (TPSA) is 92.3 Å². The Morgan fingerprint density at radius 2 is 1.86 bits per heavy atom. The molecule has 0 spiro atoms. The van der Waals surface area contributed by atoms with E-state index in [1.165, 1.54) is 11.8 Å². The number of aromatic nitrogens is 3. The van der Waals surface area contributed by atoms with Crippen LogP contribution in [0.3, 0.4) is 0 Å². The van der Waals surface area contributed by atoms with Crippen LogP contribution >= 0.6 is 11.8 Å². The summed E-state index contributed by atoms with van der Waals surface area (Å²) in [5, 5.41) is 8.68. The van der Waals surface area contributed by atoms with Gasteiger partial charge in [0.25, 0.3) is 0 Å². The molecule has 2 N–H and O–H groups in total. The molecular weight excluding hydrogens is 388 g/mol. The van der Waals surface area contributed by atoms with Crippen LogP contribution in [0.5, 0.6) is 5.75 Å². The lowest BCUT2D eigenvalue weighted by Gasteiger charge is -2.14. The number of nitrogens with zero attached hydrogens (tertiary/aromatic N) is 3. The molecule has 0 saturated heterocycles. The van der Waals surface area contributed by atoms with E-state index in [2.05, 4.69) is 10.2 Å². The first kappa shape index (κ1) is 20.9. The van der Waals surface area contributed by atoms with Gasteiger partial charge in [-0.1, -0.05) is 60.3 Å². The first-order valence-electron chi connectivity index (χ1n) is 9.24. The zero-order valence-corrected chi connectivity index (χ0v) is 17.3. The van der Waals surface area contributed by atoms with Crippen molar-refractivity contribution in [3.05, 3.63) is 60.4 Å². The molecule has 0 fully saturated rings. The Morgan fingerprint density at radius 1 is 1.14 bits per heavy atom. The highest BCUT2D eigenvalue weighted by Crippen LogP contribution is 2.30. The second-order valence-corrected chi connectivity index (χ2v) is 7.66. The van der Waals surface area contributed by atoms with Gasteiger partial charge in [0.05, 0.1) is 11.9 Å². The summed E-state index contributed by atoms with van der Waals surface area (Å²) in [4.78, 5) is 11.4. The highest BCUT2D eigenvalue weighted by Gasteiger charge is 2.19. The van der Waals surface area contributed by atoms with Crippen molar-refractivity contribution < 1.29 is 14.3 Å². The fraction of sp³-hybridized carbons (Fsp3) is 0.286. The van der Waals surface area contributed by atoms with Crippen LogP contribution in [-0.4, -0.2) is 39.6 Å². The lowest BCUT2D eigenvalue weighted by atomic mass is 10.1. The number of amides is 1. The second-order valence-electron chi connectivity index (χ2n) is 6.36. The van der Waals surface area contributed by atoms with Gasteiger partial charge in [-0.05, 0) is 18.6 Å². The summed E-state index contributed by atoms with van der Waals surface area (Å²) in [6, 6.07) is 17.9. The third-order valence-corrected chi connectivity index (χ3v) is 5.42. The molecule has 1 aromatic heterocycles. The van der Waals surface area contributed by atoms with Crippen molar-refractivity contribution in [2.24, 2.45) is 5.73 Å². The van der Waals surface area contributed by atoms with Crippen molar-refractivity contribution in [2.75, 3.05) is 13.7 Å². The molecule has 8 heteroatoms. The molecule has 2 aromatic carbocycles. The predicted molar refractivity (Wildman–Crippen MR) is 113 cm³/mol. The van der Waals surface area contributed by atoms with E-state index < -0.39 is 11.2 Å². The van der Waals surface area contributed by atoms with Gasteiger partial charge in [-0.25, -0.2) is 0 Å². The number of thioether (sulfide) groups is 1. The molecule has 0 bridgehead atoms. The van der Waals surface area contributed by atoms with Crippen LogP contribution in [0.1, 0.15) is 12.7 Å². The van der Waals surface area contributed by atoms with Crippen LogP contribution in [0.15, 0.2) is 59.8 Å². The fourth-order valence-electron chi connectivity index (χ4n) is 2.73. The largest absolute Gasteiger partial charge is 0.485 e. The summed E-state index contributed by atoms with van der Waals surface area (Å²) < 4.78 is 13.2. The van der Waals surface area contributed by atoms with E-state index in [0.29, 0.717) is 24.1 Å². The van der Waals surface area contributed by atoms with Gasteiger partial charge in [0.15, 0.2) is 11.0 Å². The number of methoxy groups -OCH3 is 1. The monoisotopic (exact) mass is 412 g/mol. The van der Waals surface area contributed by atoms with E-state index in [9.17, 15) is 4.79 Å². The van der Waals surface area contributed by atoms with Gasteiger partial charge in [-0.15, -0.1) is 10.2 Å². The number of para-hydroxylation sites is 1. The fourth-order valence-corrected chi connectivity index (χ4v) is 3.57. The predicted octanol–water partition coefficient (Wildman–Crippen LogP) is 3.14. The number of nitrogens with two attached hydrogens (primary N) is 1. The van der Waals surface area contributed by atoms with Gasteiger partial charge in [0.1, 0.15) is 12.4 Å². The number of rotatable bonds is 10. The van der Waals surface area contributed by atoms with E-state index >= 15 is 0 Å². The van der Waals surface area contributed by atoms with Crippen LogP contribution < -0.4 is 10.5 Å². The van der Waals surface area contributed by atoms with E-state index in [0.717, 1.165) is 16.9 Å². The first-order chi connectivity index (χ1) is 14.1. The number of primary amides is 1. The lowest BCUT2D eigenvalue weighted by Crippen LogP contribution is -2.23. The number of hydrogen-bond acceptors (Lipinski definition) is 6. The summed E-state index contributed by atoms with van der Waals surface area (Å²) in [7, 11) is 1.63. The van der Waals surface area contributed by atoms with Crippen molar-refractivity contribution in [2.45, 2.75) is 30.5 Å². The quantitative estimate of drug-likeness (QED) is 0.514. The number of carbonyl (C=O) groups is 1. The van der Waals surface area contributed by atoms with Gasteiger partial charge >= 0.3 is 0 Å². The summed E-state index contributed by atoms with van der Waals surface area (Å²) in [6.45, 7) is 3.03. The number of hydrogen-bond donors (Lipinski definition) is 1. The number of carbonyl (C=O) groups excluding carboxylic acids is 1. The maximum absolute atomic E-state index is 11.4. The van der Waals surface area contributed by atoms with Gasteiger partial charge in [0, 0.05) is 19.2 Å². The number of benzene rings is 2. The molecule has 152 valence electrons. The number of ether oxygens (including phenoxy) is 2. The average molecular weight is 413 g/mol. The molecule has 0 unspecified atom stereocenters. The minimum atomic E-state index is -0.409. The Hall–Kier alpha value is -2.84. The van der Waals surface area contributed by atoms with Gasteiger partial charge in [0.2, 0.25) is 5.91 Å². The van der Waals surface area contributed by atoms with Crippen molar-refractivity contribution in [3.63, 3.8) is 0 Å². The minimum Gasteiger partial charge on any atom is -0.485 e. The standard InChI is InChI=1S/C21H24N4O3S/c1-15(20(22)26)29-21-24-23-19(25(21)12-13-27-2)14-28-18-11-7-6-10-17(18)16-8-4-3-5-9-16/h3-11,15H,12-14H2,1-2H3,(H2,22,26)/t15-/m1/s1. The van der Waals surface area contributed by atoms with E-state index in [4.69, 9.17) is 15.2 Å². The summed E-state index contributed by atoms with van der Waals surface area (Å²) in [5.74, 6) is 1.02. The molecular formula is C21H24N4O3S. The summed E-state index contributed by atoms with van der Waals surface area (Å²) in [6.07, 6.45) is 0. The molecule has 0 radical (unpaired) electrons. The van der Waals surface area contributed by atoms with Crippen molar-refractivity contribution in [1.29, 1.82) is 0 Å². The zero-order chi connectivity index (χ0) is 20.6. The normalized spacial score (nSPS) is 11.9. The maximum atomic E-state index is 11.4. The summed E-state index contributed by atoms with van der Waals surface area (Å²) >= 11 is 1.27. The molecule has 0 aliphatic rings. The Kier molecular flexibility index (Phi) is 7.26. The Bertz CT molecular complexity index is 946. The van der Waals surface area contributed by atoms with Crippen molar-refractivity contribution in [1.82, 2.24) is 14.8 Å². The Morgan fingerprint density at radius 3 is 2.59 bits per heavy atom. The molecule has 0 saturated carbocycles. The molecule has 1 amide bonds. The van der Waals surface area contributed by atoms with Crippen molar-refractivity contribution in [3.8, 4) is 16.9 Å². The van der Waals surface area contributed by atoms with Crippen LogP contribution in [0.4, 0.5) is 0 Å². The Balaban J connectivity index is 1.80. The molecule has 1 heterocycles. The van der Waals surface area contributed by atoms with Crippen molar-refractivity contribution >= 4 is 17.7 Å². The van der Waals surface area contributed by atoms with Crippen LogP contribution in [0.2, 0.25) is 0 Å². The minimum absolute atomic E-state index is 0.242. The van der Waals surface area contributed by atoms with Gasteiger partial charge in [-0.3, -0.25) is 4.79 Å². The van der Waals surface area contributed by atoms with Crippen LogP contribution in [-0.2, 0) is 22.7 Å². The second kappa shape index (κ2) is 10.1. The molecule has 7 nitrogen and oxygen atoms in total. The molecule has 1 atom stereocenters. The average Bonchev–Trinajstić information content (AvgIpc) is 3.12. The maximum Gasteiger partial charge on any atom is 0.230 e. The van der Waals surface area contributed by atoms with Gasteiger partial charge < -0.3 is 19.8 Å².